The minimum atomic E-state index is 0.0742. The first-order valence-corrected chi connectivity index (χ1v) is 9.82. The number of aryl methyl sites for hydroxylation is 1. The molecule has 4 rings (SSSR count). The number of para-hydroxylation sites is 1. The SMILES string of the molecule is Cc1oc(-c2ccc(C(=O)N3CCN(C)CC3)cc2)nc1COc1ccccc1. The van der Waals surface area contributed by atoms with E-state index >= 15 is 0 Å². The summed E-state index contributed by atoms with van der Waals surface area (Å²) < 4.78 is 11.6. The molecule has 2 aromatic carbocycles. The van der Waals surface area contributed by atoms with Crippen molar-refractivity contribution in [2.24, 2.45) is 0 Å². The van der Waals surface area contributed by atoms with Crippen molar-refractivity contribution in [3.8, 4) is 17.2 Å². The molecule has 6 nitrogen and oxygen atoms in total. The molecule has 1 amide bonds. The summed E-state index contributed by atoms with van der Waals surface area (Å²) in [6, 6.07) is 17.1. The van der Waals surface area contributed by atoms with Crippen LogP contribution in [0.25, 0.3) is 11.5 Å². The van der Waals surface area contributed by atoms with Crippen LogP contribution in [-0.4, -0.2) is 53.9 Å². The molecular weight excluding hydrogens is 366 g/mol. The summed E-state index contributed by atoms with van der Waals surface area (Å²) >= 11 is 0. The van der Waals surface area contributed by atoms with Gasteiger partial charge in [0.25, 0.3) is 5.91 Å². The molecule has 0 aliphatic carbocycles. The monoisotopic (exact) mass is 391 g/mol. The van der Waals surface area contributed by atoms with Crippen LogP contribution in [0.1, 0.15) is 21.8 Å². The van der Waals surface area contributed by atoms with E-state index in [2.05, 4.69) is 16.9 Å². The number of amides is 1. The average Bonchev–Trinajstić information content (AvgIpc) is 3.14. The Hall–Kier alpha value is -3.12. The number of ether oxygens (including phenoxy) is 1. The van der Waals surface area contributed by atoms with Crippen LogP contribution in [0.4, 0.5) is 0 Å². The van der Waals surface area contributed by atoms with Crippen molar-refractivity contribution in [3.05, 3.63) is 71.6 Å². The molecule has 0 N–H and O–H groups in total. The van der Waals surface area contributed by atoms with E-state index in [-0.39, 0.29) is 5.91 Å². The van der Waals surface area contributed by atoms with Crippen LogP contribution in [0, 0.1) is 6.92 Å². The first kappa shape index (κ1) is 19.2. The summed E-state index contributed by atoms with van der Waals surface area (Å²) in [5, 5.41) is 0. The number of piperazine rings is 1. The second kappa shape index (κ2) is 8.49. The normalized spacial score (nSPS) is 14.8. The molecule has 6 heteroatoms. The summed E-state index contributed by atoms with van der Waals surface area (Å²) in [5.74, 6) is 2.13. The third kappa shape index (κ3) is 4.49. The van der Waals surface area contributed by atoms with E-state index in [1.54, 1.807) is 0 Å². The maximum Gasteiger partial charge on any atom is 0.253 e. The lowest BCUT2D eigenvalue weighted by atomic mass is 10.1. The topological polar surface area (TPSA) is 58.8 Å². The second-order valence-corrected chi connectivity index (χ2v) is 7.30. The number of carbonyl (C=O) groups excluding carboxylic acids is 1. The number of aromatic nitrogens is 1. The number of rotatable bonds is 5. The van der Waals surface area contributed by atoms with E-state index < -0.39 is 0 Å². The minimum absolute atomic E-state index is 0.0742. The van der Waals surface area contributed by atoms with E-state index in [0.717, 1.165) is 48.9 Å². The fraction of sp³-hybridized carbons (Fsp3) is 0.304. The Morgan fingerprint density at radius 3 is 2.41 bits per heavy atom. The molecule has 1 aliphatic rings. The van der Waals surface area contributed by atoms with Crippen molar-refractivity contribution in [1.29, 1.82) is 0 Å². The van der Waals surface area contributed by atoms with Gasteiger partial charge in [-0.15, -0.1) is 0 Å². The van der Waals surface area contributed by atoms with Gasteiger partial charge in [0.05, 0.1) is 0 Å². The number of benzene rings is 2. The Morgan fingerprint density at radius 2 is 1.72 bits per heavy atom. The van der Waals surface area contributed by atoms with Crippen LogP contribution >= 0.6 is 0 Å². The van der Waals surface area contributed by atoms with E-state index in [1.165, 1.54) is 0 Å². The van der Waals surface area contributed by atoms with Gasteiger partial charge in [-0.2, -0.15) is 0 Å². The molecule has 0 spiro atoms. The number of nitrogens with zero attached hydrogens (tertiary/aromatic N) is 3. The molecule has 3 aromatic rings. The lowest BCUT2D eigenvalue weighted by molar-refractivity contribution is 0.0664. The zero-order chi connectivity index (χ0) is 20.2. The van der Waals surface area contributed by atoms with Crippen LogP contribution in [0.15, 0.2) is 59.0 Å². The Kier molecular flexibility index (Phi) is 5.62. The van der Waals surface area contributed by atoms with Gasteiger partial charge in [0.15, 0.2) is 0 Å². The molecule has 150 valence electrons. The van der Waals surface area contributed by atoms with Crippen molar-refractivity contribution < 1.29 is 13.9 Å². The molecule has 1 aromatic heterocycles. The van der Waals surface area contributed by atoms with Gasteiger partial charge in [0, 0.05) is 37.3 Å². The van der Waals surface area contributed by atoms with Crippen molar-refractivity contribution in [2.75, 3.05) is 33.2 Å². The fourth-order valence-corrected chi connectivity index (χ4v) is 3.30. The highest BCUT2D eigenvalue weighted by Crippen LogP contribution is 2.24. The van der Waals surface area contributed by atoms with E-state index in [1.807, 2.05) is 66.4 Å². The molecule has 29 heavy (non-hydrogen) atoms. The summed E-state index contributed by atoms with van der Waals surface area (Å²) in [6.45, 7) is 5.58. The van der Waals surface area contributed by atoms with Crippen LogP contribution in [-0.2, 0) is 6.61 Å². The Labute approximate surface area is 170 Å². The smallest absolute Gasteiger partial charge is 0.253 e. The van der Waals surface area contributed by atoms with Gasteiger partial charge in [0.1, 0.15) is 23.8 Å². The van der Waals surface area contributed by atoms with Crippen molar-refractivity contribution in [3.63, 3.8) is 0 Å². The molecule has 0 atom stereocenters. The number of hydrogen-bond donors (Lipinski definition) is 0. The van der Waals surface area contributed by atoms with Crippen LogP contribution in [0.5, 0.6) is 5.75 Å². The molecule has 1 aliphatic heterocycles. The fourth-order valence-electron chi connectivity index (χ4n) is 3.30. The number of oxazole rings is 1. The van der Waals surface area contributed by atoms with Gasteiger partial charge < -0.3 is 19.0 Å². The summed E-state index contributed by atoms with van der Waals surface area (Å²) in [6.07, 6.45) is 0. The highest BCUT2D eigenvalue weighted by molar-refractivity contribution is 5.94. The quantitative estimate of drug-likeness (QED) is 0.665. The largest absolute Gasteiger partial charge is 0.487 e. The lowest BCUT2D eigenvalue weighted by Gasteiger charge is -2.32. The first-order chi connectivity index (χ1) is 14.1. The molecule has 1 fully saturated rings. The first-order valence-electron chi connectivity index (χ1n) is 9.82. The zero-order valence-electron chi connectivity index (χ0n) is 16.8. The molecule has 2 heterocycles. The van der Waals surface area contributed by atoms with Crippen molar-refractivity contribution in [1.82, 2.24) is 14.8 Å². The molecule has 0 radical (unpaired) electrons. The van der Waals surface area contributed by atoms with Gasteiger partial charge >= 0.3 is 0 Å². The van der Waals surface area contributed by atoms with E-state index in [0.29, 0.717) is 18.1 Å². The lowest BCUT2D eigenvalue weighted by Crippen LogP contribution is -2.47. The van der Waals surface area contributed by atoms with Crippen LogP contribution in [0.2, 0.25) is 0 Å². The summed E-state index contributed by atoms with van der Waals surface area (Å²) in [5.41, 5.74) is 2.30. The Bertz CT molecular complexity index is 959. The molecule has 0 bridgehead atoms. The maximum atomic E-state index is 12.7. The van der Waals surface area contributed by atoms with Crippen molar-refractivity contribution >= 4 is 5.91 Å². The average molecular weight is 391 g/mol. The Balaban J connectivity index is 1.43. The highest BCUT2D eigenvalue weighted by Gasteiger charge is 2.20. The van der Waals surface area contributed by atoms with Crippen molar-refractivity contribution in [2.45, 2.75) is 13.5 Å². The van der Waals surface area contributed by atoms with Crippen LogP contribution < -0.4 is 4.74 Å². The molecule has 0 saturated carbocycles. The van der Waals surface area contributed by atoms with Gasteiger partial charge in [-0.05, 0) is 50.4 Å². The Morgan fingerprint density at radius 1 is 1.03 bits per heavy atom. The number of carbonyl (C=O) groups is 1. The third-order valence-corrected chi connectivity index (χ3v) is 5.18. The molecular formula is C23H25N3O3. The number of hydrogen-bond acceptors (Lipinski definition) is 5. The second-order valence-electron chi connectivity index (χ2n) is 7.30. The van der Waals surface area contributed by atoms with Gasteiger partial charge in [-0.25, -0.2) is 4.98 Å². The summed E-state index contributed by atoms with van der Waals surface area (Å²) in [4.78, 5) is 21.4. The highest BCUT2D eigenvalue weighted by atomic mass is 16.5. The van der Waals surface area contributed by atoms with E-state index in [4.69, 9.17) is 9.15 Å². The van der Waals surface area contributed by atoms with Gasteiger partial charge in [0.2, 0.25) is 5.89 Å². The maximum absolute atomic E-state index is 12.7. The zero-order valence-corrected chi connectivity index (χ0v) is 16.8. The molecule has 1 saturated heterocycles. The van der Waals surface area contributed by atoms with E-state index in [9.17, 15) is 4.79 Å². The minimum Gasteiger partial charge on any atom is -0.487 e. The number of likely N-dealkylation sites (N-methyl/N-ethyl adjacent to an activating group) is 1. The predicted molar refractivity (Wildman–Crippen MR) is 111 cm³/mol. The van der Waals surface area contributed by atoms with Gasteiger partial charge in [-0.1, -0.05) is 18.2 Å². The third-order valence-electron chi connectivity index (χ3n) is 5.18. The van der Waals surface area contributed by atoms with Gasteiger partial charge in [-0.3, -0.25) is 4.79 Å². The summed E-state index contributed by atoms with van der Waals surface area (Å²) in [7, 11) is 2.08. The predicted octanol–water partition coefficient (Wildman–Crippen LogP) is 3.62. The standard InChI is InChI=1S/C23H25N3O3/c1-17-21(16-28-20-6-4-3-5-7-20)24-22(29-17)18-8-10-19(11-9-18)23(27)26-14-12-25(2)13-15-26/h3-11H,12-16H2,1-2H3. The van der Waals surface area contributed by atoms with Crippen LogP contribution in [0.3, 0.4) is 0 Å². The molecule has 0 unspecified atom stereocenters.